The van der Waals surface area contributed by atoms with Crippen LogP contribution in [-0.4, -0.2) is 20.9 Å². The van der Waals surface area contributed by atoms with Crippen molar-refractivity contribution in [2.75, 3.05) is 0 Å². The number of piperidine rings is 1. The van der Waals surface area contributed by atoms with Crippen LogP contribution in [0.25, 0.3) is 11.0 Å². The number of carbonyl (C=O) groups is 2. The highest BCUT2D eigenvalue weighted by molar-refractivity contribution is 6.00. The first-order valence-electron chi connectivity index (χ1n) is 7.06. The van der Waals surface area contributed by atoms with Crippen molar-refractivity contribution in [3.63, 3.8) is 0 Å². The molecule has 0 bridgehead atoms. The van der Waals surface area contributed by atoms with Gasteiger partial charge in [-0.2, -0.15) is 0 Å². The molecule has 0 radical (unpaired) electrons. The van der Waals surface area contributed by atoms with Gasteiger partial charge in [0.15, 0.2) is 0 Å². The van der Waals surface area contributed by atoms with Gasteiger partial charge in [-0.05, 0) is 32.4 Å². The Hall–Kier alpha value is -2.37. The first-order chi connectivity index (χ1) is 10.0. The molecule has 1 aliphatic heterocycles. The minimum absolute atomic E-state index is 0.00284. The minimum atomic E-state index is -0.625. The van der Waals surface area contributed by atoms with Crippen LogP contribution in [-0.2, 0) is 9.59 Å². The molecule has 1 aromatic carbocycles. The largest absolute Gasteiger partial charge is 0.330 e. The van der Waals surface area contributed by atoms with Gasteiger partial charge in [0, 0.05) is 12.5 Å². The van der Waals surface area contributed by atoms with E-state index in [1.165, 1.54) is 4.57 Å². The molecule has 2 amide bonds. The topological polar surface area (TPSA) is 73.1 Å². The van der Waals surface area contributed by atoms with Crippen molar-refractivity contribution in [2.45, 2.75) is 38.8 Å². The summed E-state index contributed by atoms with van der Waals surface area (Å²) in [4.78, 5) is 36.1. The number of hydrogen-bond donors (Lipinski definition) is 1. The van der Waals surface area contributed by atoms with Crippen molar-refractivity contribution in [3.05, 3.63) is 34.7 Å². The van der Waals surface area contributed by atoms with Crippen LogP contribution in [0.1, 0.15) is 38.8 Å². The van der Waals surface area contributed by atoms with Gasteiger partial charge in [-0.3, -0.25) is 24.0 Å². The molecule has 1 N–H and O–H groups in total. The van der Waals surface area contributed by atoms with E-state index >= 15 is 0 Å². The molecule has 2 heterocycles. The van der Waals surface area contributed by atoms with Gasteiger partial charge < -0.3 is 0 Å². The first-order valence-corrected chi connectivity index (χ1v) is 7.06. The van der Waals surface area contributed by atoms with Crippen LogP contribution in [0.15, 0.2) is 29.1 Å². The molecule has 0 aliphatic carbocycles. The van der Waals surface area contributed by atoms with E-state index in [1.54, 1.807) is 4.57 Å². The van der Waals surface area contributed by atoms with Crippen molar-refractivity contribution in [1.82, 2.24) is 14.5 Å². The molecule has 1 aliphatic rings. The highest BCUT2D eigenvalue weighted by Crippen LogP contribution is 2.24. The smallest absolute Gasteiger partial charge is 0.295 e. The number of nitrogens with one attached hydrogen (secondary N) is 1. The van der Waals surface area contributed by atoms with Crippen LogP contribution in [0.5, 0.6) is 0 Å². The summed E-state index contributed by atoms with van der Waals surface area (Å²) < 4.78 is 3.19. The number of rotatable bonds is 2. The summed E-state index contributed by atoms with van der Waals surface area (Å²) in [5, 5.41) is 2.31. The van der Waals surface area contributed by atoms with E-state index in [9.17, 15) is 14.4 Å². The Morgan fingerprint density at radius 2 is 1.81 bits per heavy atom. The van der Waals surface area contributed by atoms with Gasteiger partial charge in [0.05, 0.1) is 11.0 Å². The number of amides is 2. The number of fused-ring (bicyclic) bond motifs is 1. The van der Waals surface area contributed by atoms with Crippen molar-refractivity contribution in [3.8, 4) is 0 Å². The third-order valence-electron chi connectivity index (χ3n) is 3.85. The average Bonchev–Trinajstić information content (AvgIpc) is 2.71. The molecule has 21 heavy (non-hydrogen) atoms. The second-order valence-electron chi connectivity index (χ2n) is 5.57. The zero-order valence-electron chi connectivity index (χ0n) is 12.0. The van der Waals surface area contributed by atoms with Gasteiger partial charge in [0.25, 0.3) is 0 Å². The molecule has 1 aromatic heterocycles. The molecule has 0 unspecified atom stereocenters. The maximum Gasteiger partial charge on any atom is 0.330 e. The van der Waals surface area contributed by atoms with Crippen LogP contribution in [0.3, 0.4) is 0 Å². The number of para-hydroxylation sites is 2. The summed E-state index contributed by atoms with van der Waals surface area (Å²) >= 11 is 0. The normalized spacial score (nSPS) is 19.3. The van der Waals surface area contributed by atoms with Crippen LogP contribution in [0.4, 0.5) is 0 Å². The minimum Gasteiger partial charge on any atom is -0.295 e. The Labute approximate surface area is 121 Å². The van der Waals surface area contributed by atoms with Crippen molar-refractivity contribution in [2.24, 2.45) is 0 Å². The number of aromatic nitrogens is 2. The van der Waals surface area contributed by atoms with E-state index < -0.39 is 11.9 Å². The van der Waals surface area contributed by atoms with E-state index in [1.807, 2.05) is 38.1 Å². The number of imidazole rings is 1. The molecular formula is C15H17N3O3. The lowest BCUT2D eigenvalue weighted by Crippen LogP contribution is -2.44. The lowest BCUT2D eigenvalue weighted by molar-refractivity contribution is -0.135. The van der Waals surface area contributed by atoms with Crippen LogP contribution in [0, 0.1) is 0 Å². The Bertz CT molecular complexity index is 785. The lowest BCUT2D eigenvalue weighted by atomic mass is 10.1. The second kappa shape index (κ2) is 4.87. The third-order valence-corrected chi connectivity index (χ3v) is 3.85. The van der Waals surface area contributed by atoms with Crippen LogP contribution < -0.4 is 11.0 Å². The van der Waals surface area contributed by atoms with E-state index in [2.05, 4.69) is 5.32 Å². The first kappa shape index (κ1) is 13.6. The Morgan fingerprint density at radius 3 is 2.43 bits per heavy atom. The monoisotopic (exact) mass is 287 g/mol. The predicted octanol–water partition coefficient (Wildman–Crippen LogP) is 1.36. The number of benzene rings is 1. The van der Waals surface area contributed by atoms with Crippen LogP contribution in [0.2, 0.25) is 0 Å². The van der Waals surface area contributed by atoms with Gasteiger partial charge in [0.1, 0.15) is 6.04 Å². The average molecular weight is 287 g/mol. The van der Waals surface area contributed by atoms with Crippen molar-refractivity contribution < 1.29 is 9.59 Å². The summed E-state index contributed by atoms with van der Waals surface area (Å²) in [6, 6.07) is 6.79. The fourth-order valence-electron chi connectivity index (χ4n) is 2.92. The summed E-state index contributed by atoms with van der Waals surface area (Å²) in [5.74, 6) is -0.683. The van der Waals surface area contributed by atoms with E-state index in [0.29, 0.717) is 6.42 Å². The molecule has 2 aromatic rings. The summed E-state index contributed by atoms with van der Waals surface area (Å²) in [6.45, 7) is 3.87. The van der Waals surface area contributed by atoms with Crippen LogP contribution >= 0.6 is 0 Å². The number of nitrogens with zero attached hydrogens (tertiary/aromatic N) is 2. The molecule has 6 heteroatoms. The van der Waals surface area contributed by atoms with Crippen molar-refractivity contribution >= 4 is 22.8 Å². The molecule has 1 fully saturated rings. The fraction of sp³-hybridized carbons (Fsp3) is 0.400. The maximum atomic E-state index is 12.7. The molecule has 3 rings (SSSR count). The van der Waals surface area contributed by atoms with Gasteiger partial charge in [0.2, 0.25) is 11.8 Å². The van der Waals surface area contributed by atoms with Gasteiger partial charge in [-0.15, -0.1) is 0 Å². The SMILES string of the molecule is CC(C)n1c(=O)n([C@H]2CCC(=O)NC2=O)c2ccccc21. The molecule has 0 spiro atoms. The summed E-state index contributed by atoms with van der Waals surface area (Å²) in [5.41, 5.74) is 1.33. The Balaban J connectivity index is 2.24. The molecular weight excluding hydrogens is 270 g/mol. The lowest BCUT2D eigenvalue weighted by Gasteiger charge is -2.21. The number of hydrogen-bond acceptors (Lipinski definition) is 3. The van der Waals surface area contributed by atoms with Gasteiger partial charge in [-0.25, -0.2) is 4.79 Å². The van der Waals surface area contributed by atoms with Gasteiger partial charge >= 0.3 is 5.69 Å². The molecule has 1 atom stereocenters. The molecule has 6 nitrogen and oxygen atoms in total. The van der Waals surface area contributed by atoms with E-state index in [-0.39, 0.29) is 24.1 Å². The highest BCUT2D eigenvalue weighted by Gasteiger charge is 2.31. The Kier molecular flexibility index (Phi) is 3.16. The predicted molar refractivity (Wildman–Crippen MR) is 78.0 cm³/mol. The quantitative estimate of drug-likeness (QED) is 0.848. The highest BCUT2D eigenvalue weighted by atomic mass is 16.2. The van der Waals surface area contributed by atoms with E-state index in [4.69, 9.17) is 0 Å². The number of imide groups is 1. The fourth-order valence-corrected chi connectivity index (χ4v) is 2.92. The zero-order chi connectivity index (χ0) is 15.1. The maximum absolute atomic E-state index is 12.7. The summed E-state index contributed by atoms with van der Waals surface area (Å²) in [6.07, 6.45) is 0.612. The number of carbonyl (C=O) groups excluding carboxylic acids is 2. The third kappa shape index (κ3) is 2.07. The van der Waals surface area contributed by atoms with Crippen molar-refractivity contribution in [1.29, 1.82) is 0 Å². The standard InChI is InChI=1S/C15H17N3O3/c1-9(2)17-10-5-3-4-6-11(10)18(15(17)21)12-7-8-13(19)16-14(12)20/h3-6,9,12H,7-8H2,1-2H3,(H,16,19,20)/t12-/m0/s1. The molecule has 110 valence electrons. The van der Waals surface area contributed by atoms with E-state index in [0.717, 1.165) is 11.0 Å². The molecule has 0 saturated carbocycles. The summed E-state index contributed by atoms with van der Waals surface area (Å²) in [7, 11) is 0. The van der Waals surface area contributed by atoms with Gasteiger partial charge in [-0.1, -0.05) is 12.1 Å². The second-order valence-corrected chi connectivity index (χ2v) is 5.57. The zero-order valence-corrected chi connectivity index (χ0v) is 12.0. The molecule has 1 saturated heterocycles. The Morgan fingerprint density at radius 1 is 1.14 bits per heavy atom.